The minimum atomic E-state index is -0.0150. The molecular formula is C9H8Br2N2O. The first-order chi connectivity index (χ1) is 6.52. The normalized spacial score (nSPS) is 11.1. The second-order valence-electron chi connectivity index (χ2n) is 3.16. The Morgan fingerprint density at radius 1 is 1.14 bits per heavy atom. The maximum Gasteiger partial charge on any atom is 0.328 e. The number of benzene rings is 1. The fraction of sp³-hybridized carbons (Fsp3) is 0.222. The molecule has 14 heavy (non-hydrogen) atoms. The van der Waals surface area contributed by atoms with Gasteiger partial charge >= 0.3 is 5.69 Å². The van der Waals surface area contributed by atoms with Crippen molar-refractivity contribution in [3.63, 3.8) is 0 Å². The minimum absolute atomic E-state index is 0.0150. The number of aromatic nitrogens is 2. The lowest BCUT2D eigenvalue weighted by atomic mass is 10.3. The Bertz CT molecular complexity index is 568. The highest BCUT2D eigenvalue weighted by molar-refractivity contribution is 9.11. The van der Waals surface area contributed by atoms with E-state index in [9.17, 15) is 4.79 Å². The first-order valence-electron chi connectivity index (χ1n) is 4.03. The number of imidazole rings is 1. The lowest BCUT2D eigenvalue weighted by Crippen LogP contribution is -2.19. The molecule has 1 aromatic carbocycles. The summed E-state index contributed by atoms with van der Waals surface area (Å²) in [5.74, 6) is 0. The molecule has 0 radical (unpaired) electrons. The molecule has 0 spiro atoms. The van der Waals surface area contributed by atoms with Gasteiger partial charge in [0.2, 0.25) is 0 Å². The summed E-state index contributed by atoms with van der Waals surface area (Å²) in [6, 6.07) is 3.86. The number of nitrogens with zero attached hydrogens (tertiary/aromatic N) is 2. The Kier molecular flexibility index (Phi) is 2.31. The summed E-state index contributed by atoms with van der Waals surface area (Å²) in [6.45, 7) is 0. The average molecular weight is 320 g/mol. The third-order valence-electron chi connectivity index (χ3n) is 2.28. The quantitative estimate of drug-likeness (QED) is 0.732. The standard InChI is InChI=1S/C9H8Br2N2O/c1-12-7-4-5(10)3-6(11)8(7)13(2)9(12)14/h3-4H,1-2H3. The summed E-state index contributed by atoms with van der Waals surface area (Å²) < 4.78 is 5.14. The van der Waals surface area contributed by atoms with Gasteiger partial charge in [0, 0.05) is 23.0 Å². The second-order valence-corrected chi connectivity index (χ2v) is 4.93. The van der Waals surface area contributed by atoms with Gasteiger partial charge in [-0.3, -0.25) is 9.13 Å². The minimum Gasteiger partial charge on any atom is -0.295 e. The molecule has 0 unspecified atom stereocenters. The molecule has 0 aliphatic heterocycles. The Balaban J connectivity index is 3.10. The second kappa shape index (κ2) is 3.24. The lowest BCUT2D eigenvalue weighted by molar-refractivity contribution is 0.794. The molecule has 0 saturated carbocycles. The molecule has 0 aliphatic rings. The fourth-order valence-electron chi connectivity index (χ4n) is 1.56. The van der Waals surface area contributed by atoms with Crippen molar-refractivity contribution in [2.24, 2.45) is 14.1 Å². The van der Waals surface area contributed by atoms with Crippen molar-refractivity contribution < 1.29 is 0 Å². The zero-order valence-corrected chi connectivity index (χ0v) is 10.9. The molecule has 2 rings (SSSR count). The van der Waals surface area contributed by atoms with E-state index in [1.165, 1.54) is 0 Å². The van der Waals surface area contributed by atoms with Crippen molar-refractivity contribution in [1.82, 2.24) is 9.13 Å². The molecule has 1 aromatic heterocycles. The number of hydrogen-bond acceptors (Lipinski definition) is 1. The van der Waals surface area contributed by atoms with E-state index in [4.69, 9.17) is 0 Å². The molecule has 0 fully saturated rings. The van der Waals surface area contributed by atoms with E-state index in [1.54, 1.807) is 23.2 Å². The monoisotopic (exact) mass is 318 g/mol. The molecule has 0 saturated heterocycles. The van der Waals surface area contributed by atoms with Crippen molar-refractivity contribution in [3.8, 4) is 0 Å². The van der Waals surface area contributed by atoms with Gasteiger partial charge in [-0.2, -0.15) is 0 Å². The summed E-state index contributed by atoms with van der Waals surface area (Å²) in [5.41, 5.74) is 1.82. The van der Waals surface area contributed by atoms with Crippen LogP contribution < -0.4 is 5.69 Å². The molecule has 0 atom stereocenters. The van der Waals surface area contributed by atoms with Gasteiger partial charge in [0.15, 0.2) is 0 Å². The van der Waals surface area contributed by atoms with E-state index in [0.29, 0.717) is 0 Å². The van der Waals surface area contributed by atoms with Crippen LogP contribution in [0.25, 0.3) is 11.0 Å². The van der Waals surface area contributed by atoms with Crippen LogP contribution in [0.1, 0.15) is 0 Å². The topological polar surface area (TPSA) is 26.9 Å². The van der Waals surface area contributed by atoms with Crippen LogP contribution in [0, 0.1) is 0 Å². The zero-order chi connectivity index (χ0) is 10.5. The molecule has 0 aliphatic carbocycles. The van der Waals surface area contributed by atoms with Gasteiger partial charge in [0.25, 0.3) is 0 Å². The third kappa shape index (κ3) is 1.26. The van der Waals surface area contributed by atoms with Crippen LogP contribution >= 0.6 is 31.9 Å². The van der Waals surface area contributed by atoms with Crippen LogP contribution in [0.3, 0.4) is 0 Å². The van der Waals surface area contributed by atoms with Crippen LogP contribution in [0.4, 0.5) is 0 Å². The van der Waals surface area contributed by atoms with Crippen molar-refractivity contribution >= 4 is 42.9 Å². The number of aryl methyl sites for hydroxylation is 2. The fourth-order valence-corrected chi connectivity index (χ4v) is 3.03. The van der Waals surface area contributed by atoms with Crippen molar-refractivity contribution in [1.29, 1.82) is 0 Å². The van der Waals surface area contributed by atoms with E-state index in [-0.39, 0.29) is 5.69 Å². The van der Waals surface area contributed by atoms with E-state index in [2.05, 4.69) is 31.9 Å². The summed E-state index contributed by atoms with van der Waals surface area (Å²) in [4.78, 5) is 11.6. The lowest BCUT2D eigenvalue weighted by Gasteiger charge is -1.99. The largest absolute Gasteiger partial charge is 0.328 e. The van der Waals surface area contributed by atoms with Gasteiger partial charge in [-0.25, -0.2) is 4.79 Å². The predicted molar refractivity (Wildman–Crippen MR) is 63.6 cm³/mol. The molecule has 2 aromatic rings. The van der Waals surface area contributed by atoms with Gasteiger partial charge in [-0.15, -0.1) is 0 Å². The molecule has 0 amide bonds. The zero-order valence-electron chi connectivity index (χ0n) is 7.71. The van der Waals surface area contributed by atoms with Crippen LogP contribution in [-0.4, -0.2) is 9.13 Å². The number of fused-ring (bicyclic) bond motifs is 1. The summed E-state index contributed by atoms with van der Waals surface area (Å²) in [7, 11) is 3.53. The Morgan fingerprint density at radius 3 is 2.43 bits per heavy atom. The first kappa shape index (κ1) is 9.98. The number of hydrogen-bond donors (Lipinski definition) is 0. The van der Waals surface area contributed by atoms with Crippen LogP contribution in [-0.2, 0) is 14.1 Å². The predicted octanol–water partition coefficient (Wildman–Crippen LogP) is 2.40. The number of rotatable bonds is 0. The molecule has 74 valence electrons. The van der Waals surface area contributed by atoms with E-state index < -0.39 is 0 Å². The summed E-state index contributed by atoms with van der Waals surface area (Å²) in [5, 5.41) is 0. The molecular weight excluding hydrogens is 312 g/mol. The van der Waals surface area contributed by atoms with Crippen molar-refractivity contribution in [2.75, 3.05) is 0 Å². The summed E-state index contributed by atoms with van der Waals surface area (Å²) in [6.07, 6.45) is 0. The van der Waals surface area contributed by atoms with Gasteiger partial charge in [0.1, 0.15) is 0 Å². The Morgan fingerprint density at radius 2 is 1.79 bits per heavy atom. The SMILES string of the molecule is Cn1c(=O)n(C)c2c(Br)cc(Br)cc21. The molecule has 0 bridgehead atoms. The molecule has 0 N–H and O–H groups in total. The Labute approximate surface area is 97.6 Å². The van der Waals surface area contributed by atoms with Crippen LogP contribution in [0.15, 0.2) is 25.9 Å². The highest BCUT2D eigenvalue weighted by Crippen LogP contribution is 2.26. The highest BCUT2D eigenvalue weighted by atomic mass is 79.9. The van der Waals surface area contributed by atoms with Crippen molar-refractivity contribution in [3.05, 3.63) is 31.6 Å². The average Bonchev–Trinajstić information content (AvgIpc) is 2.31. The van der Waals surface area contributed by atoms with Gasteiger partial charge in [0.05, 0.1) is 11.0 Å². The maximum atomic E-state index is 11.6. The Hall–Kier alpha value is -0.550. The van der Waals surface area contributed by atoms with Gasteiger partial charge < -0.3 is 0 Å². The number of halogens is 2. The first-order valence-corrected chi connectivity index (χ1v) is 5.61. The van der Waals surface area contributed by atoms with E-state index >= 15 is 0 Å². The van der Waals surface area contributed by atoms with E-state index in [1.807, 2.05) is 12.1 Å². The summed E-state index contributed by atoms with van der Waals surface area (Å²) >= 11 is 6.84. The molecule has 3 nitrogen and oxygen atoms in total. The maximum absolute atomic E-state index is 11.6. The van der Waals surface area contributed by atoms with E-state index in [0.717, 1.165) is 20.0 Å². The van der Waals surface area contributed by atoms with Gasteiger partial charge in [-0.1, -0.05) is 15.9 Å². The van der Waals surface area contributed by atoms with Crippen molar-refractivity contribution in [2.45, 2.75) is 0 Å². The molecule has 5 heteroatoms. The smallest absolute Gasteiger partial charge is 0.295 e. The van der Waals surface area contributed by atoms with Crippen LogP contribution in [0.2, 0.25) is 0 Å². The third-order valence-corrected chi connectivity index (χ3v) is 3.34. The molecule has 1 heterocycles. The van der Waals surface area contributed by atoms with Gasteiger partial charge in [-0.05, 0) is 28.1 Å². The van der Waals surface area contributed by atoms with Crippen LogP contribution in [0.5, 0.6) is 0 Å². The highest BCUT2D eigenvalue weighted by Gasteiger charge is 2.10.